The second kappa shape index (κ2) is 8.63. The van der Waals surface area contributed by atoms with Crippen LogP contribution >= 0.6 is 7.92 Å². The van der Waals surface area contributed by atoms with Gasteiger partial charge in [0.1, 0.15) is 0 Å². The van der Waals surface area contributed by atoms with E-state index in [0.717, 1.165) is 18.5 Å². The Hall–Kier alpha value is 1.34. The van der Waals surface area contributed by atoms with Crippen LogP contribution in [0.25, 0.3) is 0 Å². The minimum atomic E-state index is -3.73. The maximum absolute atomic E-state index is 10.4. The van der Waals surface area contributed by atoms with Gasteiger partial charge in [0, 0.05) is 0 Å². The molecule has 0 aromatic heterocycles. The Morgan fingerprint density at radius 1 is 1.23 bits per heavy atom. The first kappa shape index (κ1) is 16.8. The molecule has 0 rings (SSSR count). The van der Waals surface area contributed by atoms with E-state index in [1.807, 2.05) is 0 Å². The monoisotopic (exact) mass is 236 g/mol. The Kier molecular flexibility index (Phi) is 11.1. The SMILES string of the molecule is CCP(CC)CCCS(=O)(=O)O.[NaH]. The Bertz CT molecular complexity index is 202. The summed E-state index contributed by atoms with van der Waals surface area (Å²) < 4.78 is 29.2. The molecule has 0 saturated carbocycles. The van der Waals surface area contributed by atoms with Gasteiger partial charge in [0.25, 0.3) is 10.1 Å². The van der Waals surface area contributed by atoms with Crippen LogP contribution < -0.4 is 0 Å². The average molecular weight is 236 g/mol. The molecular weight excluding hydrogens is 218 g/mol. The van der Waals surface area contributed by atoms with Crippen molar-refractivity contribution in [3.8, 4) is 0 Å². The average Bonchev–Trinajstić information content (AvgIpc) is 1.96. The normalized spacial score (nSPS) is 11.4. The zero-order chi connectivity index (χ0) is 9.61. The van der Waals surface area contributed by atoms with Crippen LogP contribution in [-0.2, 0) is 10.1 Å². The molecule has 6 heteroatoms. The molecular formula is C7H18NaO3PS. The second-order valence-electron chi connectivity index (χ2n) is 2.67. The van der Waals surface area contributed by atoms with Crippen LogP contribution in [0.5, 0.6) is 0 Å². The van der Waals surface area contributed by atoms with Crippen LogP contribution in [0.15, 0.2) is 0 Å². The quantitative estimate of drug-likeness (QED) is 0.427. The Morgan fingerprint density at radius 2 is 1.69 bits per heavy atom. The van der Waals surface area contributed by atoms with E-state index in [2.05, 4.69) is 13.8 Å². The van der Waals surface area contributed by atoms with E-state index in [1.165, 1.54) is 0 Å². The van der Waals surface area contributed by atoms with Crippen LogP contribution in [0.3, 0.4) is 0 Å². The minimum absolute atomic E-state index is 0. The van der Waals surface area contributed by atoms with E-state index in [0.29, 0.717) is 6.42 Å². The van der Waals surface area contributed by atoms with Gasteiger partial charge >= 0.3 is 29.6 Å². The van der Waals surface area contributed by atoms with Gasteiger partial charge in [-0.25, -0.2) is 0 Å². The van der Waals surface area contributed by atoms with Crippen molar-refractivity contribution in [1.29, 1.82) is 0 Å². The van der Waals surface area contributed by atoms with Gasteiger partial charge in [0.05, 0.1) is 5.75 Å². The van der Waals surface area contributed by atoms with Crippen molar-refractivity contribution in [2.45, 2.75) is 20.3 Å². The fourth-order valence-electron chi connectivity index (χ4n) is 1.01. The number of hydrogen-bond donors (Lipinski definition) is 1. The zero-order valence-electron chi connectivity index (χ0n) is 7.65. The molecule has 0 aromatic carbocycles. The summed E-state index contributed by atoms with van der Waals surface area (Å²) in [6.07, 6.45) is 3.86. The molecule has 0 unspecified atom stereocenters. The van der Waals surface area contributed by atoms with E-state index >= 15 is 0 Å². The molecule has 0 spiro atoms. The van der Waals surface area contributed by atoms with E-state index < -0.39 is 10.1 Å². The van der Waals surface area contributed by atoms with Crippen molar-refractivity contribution in [3.05, 3.63) is 0 Å². The molecule has 0 amide bonds. The van der Waals surface area contributed by atoms with Crippen molar-refractivity contribution < 1.29 is 13.0 Å². The fraction of sp³-hybridized carbons (Fsp3) is 1.00. The molecule has 0 aromatic rings. The van der Waals surface area contributed by atoms with Gasteiger partial charge < -0.3 is 0 Å². The van der Waals surface area contributed by atoms with Crippen molar-refractivity contribution >= 4 is 47.6 Å². The van der Waals surface area contributed by atoms with E-state index in [1.54, 1.807) is 0 Å². The first-order valence-corrected chi connectivity index (χ1v) is 7.67. The molecule has 0 heterocycles. The first-order valence-electron chi connectivity index (χ1n) is 4.17. The molecule has 0 bridgehead atoms. The first-order chi connectivity index (χ1) is 5.49. The fourth-order valence-corrected chi connectivity index (χ4v) is 3.42. The predicted molar refractivity (Wildman–Crippen MR) is 61.1 cm³/mol. The van der Waals surface area contributed by atoms with E-state index in [4.69, 9.17) is 4.55 Å². The number of rotatable bonds is 6. The van der Waals surface area contributed by atoms with Gasteiger partial charge in [0.15, 0.2) is 0 Å². The van der Waals surface area contributed by atoms with Gasteiger partial charge in [-0.15, -0.1) is 7.92 Å². The molecule has 13 heavy (non-hydrogen) atoms. The summed E-state index contributed by atoms with van der Waals surface area (Å²) in [5, 5.41) is 0. The molecule has 0 saturated heterocycles. The van der Waals surface area contributed by atoms with Gasteiger partial charge in [-0.3, -0.25) is 4.55 Å². The third-order valence-electron chi connectivity index (χ3n) is 1.77. The molecule has 0 aliphatic carbocycles. The molecule has 0 radical (unpaired) electrons. The summed E-state index contributed by atoms with van der Waals surface area (Å²) in [7, 11) is -3.71. The molecule has 0 aliphatic rings. The van der Waals surface area contributed by atoms with Gasteiger partial charge in [-0.05, 0) is 24.9 Å². The molecule has 76 valence electrons. The topological polar surface area (TPSA) is 54.4 Å². The molecule has 0 atom stereocenters. The van der Waals surface area contributed by atoms with Crippen LogP contribution in [0.2, 0.25) is 0 Å². The van der Waals surface area contributed by atoms with Gasteiger partial charge in [0.2, 0.25) is 0 Å². The van der Waals surface area contributed by atoms with Crippen molar-refractivity contribution in [3.63, 3.8) is 0 Å². The standard InChI is InChI=1S/C7H17O3PS.Na.H/c1-3-11(4-2)6-5-7-12(8,9)10;;/h3-7H2,1-2H3,(H,8,9,10);;. The Morgan fingerprint density at radius 3 is 2.00 bits per heavy atom. The van der Waals surface area contributed by atoms with E-state index in [-0.39, 0.29) is 43.2 Å². The summed E-state index contributed by atoms with van der Waals surface area (Å²) in [6.45, 7) is 4.26. The number of hydrogen-bond acceptors (Lipinski definition) is 2. The summed E-state index contributed by atoms with van der Waals surface area (Å²) in [4.78, 5) is 0. The van der Waals surface area contributed by atoms with Crippen LogP contribution in [-0.4, -0.2) is 66.8 Å². The zero-order valence-corrected chi connectivity index (χ0v) is 9.37. The molecule has 1 N–H and O–H groups in total. The van der Waals surface area contributed by atoms with Crippen LogP contribution in [0, 0.1) is 0 Å². The Balaban J connectivity index is 0. The third-order valence-corrected chi connectivity index (χ3v) is 5.31. The van der Waals surface area contributed by atoms with Crippen LogP contribution in [0.1, 0.15) is 20.3 Å². The van der Waals surface area contributed by atoms with E-state index in [9.17, 15) is 8.42 Å². The van der Waals surface area contributed by atoms with Gasteiger partial charge in [-0.1, -0.05) is 13.8 Å². The van der Waals surface area contributed by atoms with Gasteiger partial charge in [-0.2, -0.15) is 8.42 Å². The molecule has 0 fully saturated rings. The van der Waals surface area contributed by atoms with Crippen molar-refractivity contribution in [1.82, 2.24) is 0 Å². The van der Waals surface area contributed by atoms with Crippen molar-refractivity contribution in [2.24, 2.45) is 0 Å². The third kappa shape index (κ3) is 11.3. The summed E-state index contributed by atoms with van der Waals surface area (Å²) in [5.74, 6) is -0.0775. The predicted octanol–water partition coefficient (Wildman–Crippen LogP) is 1.14. The second-order valence-corrected chi connectivity index (χ2v) is 7.29. The maximum atomic E-state index is 10.4. The van der Waals surface area contributed by atoms with Crippen molar-refractivity contribution in [2.75, 3.05) is 24.2 Å². The van der Waals surface area contributed by atoms with Crippen LogP contribution in [0.4, 0.5) is 0 Å². The summed E-state index contributed by atoms with van der Waals surface area (Å²) in [5.41, 5.74) is 0. The summed E-state index contributed by atoms with van der Waals surface area (Å²) in [6, 6.07) is 0. The Labute approximate surface area is 104 Å². The molecule has 0 aliphatic heterocycles. The molecule has 3 nitrogen and oxygen atoms in total. The summed E-state index contributed by atoms with van der Waals surface area (Å²) >= 11 is 0.